The first-order valence-electron chi connectivity index (χ1n) is 8.80. The van der Waals surface area contributed by atoms with Gasteiger partial charge >= 0.3 is 0 Å². The first-order valence-corrected chi connectivity index (χ1v) is 8.80. The molecule has 3 saturated carbocycles. The minimum absolute atomic E-state index is 0.00386. The fourth-order valence-corrected chi connectivity index (χ4v) is 5.92. The molecule has 3 rings (SSSR count). The summed E-state index contributed by atoms with van der Waals surface area (Å²) in [6, 6.07) is 0.204. The monoisotopic (exact) mass is 293 g/mol. The number of rotatable bonds is 1. The highest BCUT2D eigenvalue weighted by atomic mass is 16.3. The average Bonchev–Trinajstić information content (AvgIpc) is 2.41. The first kappa shape index (κ1) is 15.5. The van der Waals surface area contributed by atoms with Crippen LogP contribution < -0.4 is 5.73 Å². The Morgan fingerprint density at radius 3 is 2.71 bits per heavy atom. The molecule has 0 bridgehead atoms. The topological polar surface area (TPSA) is 63.3 Å². The van der Waals surface area contributed by atoms with Gasteiger partial charge in [0.15, 0.2) is 0 Å². The number of carbonyl (C=O) groups is 1. The van der Waals surface area contributed by atoms with Crippen molar-refractivity contribution in [2.45, 2.75) is 71.4 Å². The molecule has 120 valence electrons. The summed E-state index contributed by atoms with van der Waals surface area (Å²) in [7, 11) is 0. The van der Waals surface area contributed by atoms with Crippen LogP contribution in [0.2, 0.25) is 0 Å². The van der Waals surface area contributed by atoms with Crippen molar-refractivity contribution in [3.8, 4) is 0 Å². The van der Waals surface area contributed by atoms with E-state index in [1.807, 2.05) is 6.92 Å². The van der Waals surface area contributed by atoms with Crippen LogP contribution in [0.4, 0.5) is 0 Å². The van der Waals surface area contributed by atoms with Crippen molar-refractivity contribution in [2.75, 3.05) is 0 Å². The van der Waals surface area contributed by atoms with Gasteiger partial charge in [0.1, 0.15) is 5.78 Å². The van der Waals surface area contributed by atoms with Crippen molar-refractivity contribution in [3.05, 3.63) is 0 Å². The third-order valence-corrected chi connectivity index (χ3v) is 7.55. The molecule has 0 aliphatic heterocycles. The van der Waals surface area contributed by atoms with E-state index in [0.717, 1.165) is 32.1 Å². The number of aliphatic hydroxyl groups excluding tert-OH is 1. The van der Waals surface area contributed by atoms with Crippen LogP contribution in [-0.4, -0.2) is 23.0 Å². The summed E-state index contributed by atoms with van der Waals surface area (Å²) in [4.78, 5) is 11.8. The number of Topliss-reactive ketones (excluding diaryl/α,β-unsaturated/α-hetero) is 1. The van der Waals surface area contributed by atoms with Gasteiger partial charge < -0.3 is 10.8 Å². The van der Waals surface area contributed by atoms with E-state index in [4.69, 9.17) is 5.73 Å². The van der Waals surface area contributed by atoms with Crippen LogP contribution in [0.5, 0.6) is 0 Å². The highest BCUT2D eigenvalue weighted by Crippen LogP contribution is 2.57. The molecule has 3 aliphatic carbocycles. The lowest BCUT2D eigenvalue weighted by Gasteiger charge is -2.58. The van der Waals surface area contributed by atoms with Crippen molar-refractivity contribution >= 4 is 5.78 Å². The number of nitrogens with two attached hydrogens (primary N) is 1. The largest absolute Gasteiger partial charge is 0.393 e. The molecule has 3 heteroatoms. The highest BCUT2D eigenvalue weighted by molar-refractivity contribution is 5.79. The Hall–Kier alpha value is -0.410. The first-order chi connectivity index (χ1) is 9.84. The quantitative estimate of drug-likeness (QED) is 0.781. The minimum atomic E-state index is -0.272. The third kappa shape index (κ3) is 2.37. The molecule has 0 amide bonds. The van der Waals surface area contributed by atoms with Crippen molar-refractivity contribution in [3.63, 3.8) is 0 Å². The van der Waals surface area contributed by atoms with Gasteiger partial charge in [-0.15, -0.1) is 0 Å². The van der Waals surface area contributed by atoms with E-state index >= 15 is 0 Å². The standard InChI is InChI=1S/C18H31NO2/c1-10-17-15(6-7-18(10,3)11(2)20)14-5-4-13(21)8-12(14)9-16(17)19/h10-12,14-17,20H,4-9,19H2,1-3H3/t10?,11-,12+,14?,15?,16+,17?,18?/m0/s1. The maximum atomic E-state index is 11.8. The van der Waals surface area contributed by atoms with Crippen LogP contribution in [0.1, 0.15) is 59.3 Å². The van der Waals surface area contributed by atoms with Gasteiger partial charge in [-0.3, -0.25) is 4.79 Å². The zero-order chi connectivity index (χ0) is 15.4. The van der Waals surface area contributed by atoms with E-state index < -0.39 is 0 Å². The Balaban J connectivity index is 1.85. The lowest BCUT2D eigenvalue weighted by Crippen LogP contribution is -2.58. The maximum Gasteiger partial charge on any atom is 0.133 e. The summed E-state index contributed by atoms with van der Waals surface area (Å²) in [6.45, 7) is 6.48. The third-order valence-electron chi connectivity index (χ3n) is 7.55. The average molecular weight is 293 g/mol. The number of carbonyl (C=O) groups excluding carboxylic acids is 1. The van der Waals surface area contributed by atoms with Crippen LogP contribution in [0, 0.1) is 35.0 Å². The van der Waals surface area contributed by atoms with Gasteiger partial charge in [0.25, 0.3) is 0 Å². The SMILES string of the molecule is CC1C2C(CCC1(C)[C@H](C)O)C1CCC(=O)C[C@@H]1C[C@H]2N. The van der Waals surface area contributed by atoms with E-state index in [0.29, 0.717) is 35.4 Å². The fraction of sp³-hybridized carbons (Fsp3) is 0.944. The summed E-state index contributed by atoms with van der Waals surface area (Å²) >= 11 is 0. The predicted octanol–water partition coefficient (Wildman–Crippen LogP) is 2.75. The van der Waals surface area contributed by atoms with Crippen molar-refractivity contribution in [1.82, 2.24) is 0 Å². The predicted molar refractivity (Wildman–Crippen MR) is 83.6 cm³/mol. The van der Waals surface area contributed by atoms with Crippen molar-refractivity contribution in [2.24, 2.45) is 40.7 Å². The van der Waals surface area contributed by atoms with Gasteiger partial charge in [-0.25, -0.2) is 0 Å². The van der Waals surface area contributed by atoms with Crippen LogP contribution in [0.3, 0.4) is 0 Å². The summed E-state index contributed by atoms with van der Waals surface area (Å²) in [6.07, 6.45) is 5.64. The Labute approximate surface area is 128 Å². The number of ketones is 1. The maximum absolute atomic E-state index is 11.8. The Kier molecular flexibility index (Phi) is 3.94. The van der Waals surface area contributed by atoms with Gasteiger partial charge in [-0.05, 0) is 67.6 Å². The molecule has 3 nitrogen and oxygen atoms in total. The van der Waals surface area contributed by atoms with Gasteiger partial charge in [0.2, 0.25) is 0 Å². The smallest absolute Gasteiger partial charge is 0.133 e. The molecule has 0 saturated heterocycles. The second-order valence-electron chi connectivity index (χ2n) is 8.36. The molecular formula is C18H31NO2. The normalized spacial score (nSPS) is 52.0. The molecule has 3 N–H and O–H groups in total. The van der Waals surface area contributed by atoms with Gasteiger partial charge in [0.05, 0.1) is 6.10 Å². The van der Waals surface area contributed by atoms with E-state index in [1.54, 1.807) is 0 Å². The lowest BCUT2D eigenvalue weighted by molar-refractivity contribution is -0.132. The molecule has 8 atom stereocenters. The molecule has 0 radical (unpaired) electrons. The van der Waals surface area contributed by atoms with Crippen molar-refractivity contribution < 1.29 is 9.90 Å². The van der Waals surface area contributed by atoms with E-state index in [-0.39, 0.29) is 17.6 Å². The zero-order valence-electron chi connectivity index (χ0n) is 13.7. The molecule has 21 heavy (non-hydrogen) atoms. The summed E-state index contributed by atoms with van der Waals surface area (Å²) < 4.78 is 0. The van der Waals surface area contributed by atoms with Crippen LogP contribution >= 0.6 is 0 Å². The molecule has 0 aromatic heterocycles. The molecular weight excluding hydrogens is 262 g/mol. The molecule has 0 aromatic rings. The van der Waals surface area contributed by atoms with Crippen LogP contribution in [0.25, 0.3) is 0 Å². The Morgan fingerprint density at radius 1 is 1.33 bits per heavy atom. The van der Waals surface area contributed by atoms with E-state index in [1.165, 1.54) is 6.42 Å². The van der Waals surface area contributed by atoms with E-state index in [2.05, 4.69) is 13.8 Å². The number of aliphatic hydroxyl groups is 1. The summed E-state index contributed by atoms with van der Waals surface area (Å²) in [5.74, 6) is 3.34. The van der Waals surface area contributed by atoms with Crippen molar-refractivity contribution in [1.29, 1.82) is 0 Å². The second-order valence-corrected chi connectivity index (χ2v) is 8.36. The lowest BCUT2D eigenvalue weighted by atomic mass is 9.48. The molecule has 0 spiro atoms. The molecule has 5 unspecified atom stereocenters. The number of fused-ring (bicyclic) bond motifs is 3. The van der Waals surface area contributed by atoms with Crippen LogP contribution in [0.15, 0.2) is 0 Å². The highest BCUT2D eigenvalue weighted by Gasteiger charge is 2.54. The molecule has 3 fully saturated rings. The number of hydrogen-bond donors (Lipinski definition) is 2. The molecule has 3 aliphatic rings. The Bertz CT molecular complexity index is 421. The van der Waals surface area contributed by atoms with Gasteiger partial charge in [-0.2, -0.15) is 0 Å². The molecule has 0 aromatic carbocycles. The van der Waals surface area contributed by atoms with E-state index in [9.17, 15) is 9.90 Å². The molecule has 0 heterocycles. The summed E-state index contributed by atoms with van der Waals surface area (Å²) in [5, 5.41) is 10.3. The summed E-state index contributed by atoms with van der Waals surface area (Å²) in [5.41, 5.74) is 6.56. The van der Waals surface area contributed by atoms with Gasteiger partial charge in [-0.1, -0.05) is 13.8 Å². The second kappa shape index (κ2) is 5.34. The minimum Gasteiger partial charge on any atom is -0.393 e. The van der Waals surface area contributed by atoms with Gasteiger partial charge in [0, 0.05) is 18.9 Å². The fourth-order valence-electron chi connectivity index (χ4n) is 5.92. The number of hydrogen-bond acceptors (Lipinski definition) is 3. The Morgan fingerprint density at radius 2 is 2.05 bits per heavy atom. The zero-order valence-corrected chi connectivity index (χ0v) is 13.7. The van der Waals surface area contributed by atoms with Crippen LogP contribution in [-0.2, 0) is 4.79 Å².